The summed E-state index contributed by atoms with van der Waals surface area (Å²) in [6.45, 7) is 5.67. The first kappa shape index (κ1) is 21.8. The number of thioether (sulfide) groups is 1. The molecule has 156 valence electrons. The molecule has 2 aromatic carbocycles. The molecule has 4 nitrogen and oxygen atoms in total. The van der Waals surface area contributed by atoms with Crippen molar-refractivity contribution in [3.8, 4) is 0 Å². The van der Waals surface area contributed by atoms with Crippen LogP contribution < -0.4 is 4.90 Å². The number of benzene rings is 2. The number of aryl methyl sites for hydroxylation is 1. The molecule has 1 saturated heterocycles. The third-order valence-electron chi connectivity index (χ3n) is 5.22. The zero-order chi connectivity index (χ0) is 20.6. The van der Waals surface area contributed by atoms with Gasteiger partial charge in [-0.15, -0.1) is 11.8 Å². The number of methoxy groups -OCH3 is 1. The van der Waals surface area contributed by atoms with Crippen molar-refractivity contribution < 1.29 is 18.8 Å². The number of carbonyl (C=O) groups is 1. The van der Waals surface area contributed by atoms with Crippen molar-refractivity contribution >= 4 is 17.7 Å². The molecule has 3 rings (SSSR count). The van der Waals surface area contributed by atoms with Gasteiger partial charge in [0.1, 0.15) is 17.7 Å². The predicted octanol–water partition coefficient (Wildman–Crippen LogP) is 2.83. The third kappa shape index (κ3) is 6.29. The molecule has 0 aliphatic carbocycles. The van der Waals surface area contributed by atoms with Crippen LogP contribution in [0.25, 0.3) is 0 Å². The smallest absolute Gasteiger partial charge is 0.278 e. The molecule has 1 amide bonds. The van der Waals surface area contributed by atoms with E-state index in [1.54, 1.807) is 31.0 Å². The van der Waals surface area contributed by atoms with Gasteiger partial charge in [0.2, 0.25) is 0 Å². The van der Waals surface area contributed by atoms with Gasteiger partial charge in [-0.2, -0.15) is 0 Å². The van der Waals surface area contributed by atoms with Crippen LogP contribution in [0, 0.1) is 12.7 Å². The molecule has 0 aromatic heterocycles. The molecule has 1 N–H and O–H groups in total. The zero-order valence-electron chi connectivity index (χ0n) is 17.2. The summed E-state index contributed by atoms with van der Waals surface area (Å²) in [6.07, 6.45) is 0.918. The molecule has 0 bridgehead atoms. The van der Waals surface area contributed by atoms with Crippen LogP contribution in [0.1, 0.15) is 28.5 Å². The van der Waals surface area contributed by atoms with E-state index in [9.17, 15) is 9.18 Å². The molecule has 6 heteroatoms. The van der Waals surface area contributed by atoms with E-state index in [1.807, 2.05) is 4.90 Å². The minimum absolute atomic E-state index is 0.0253. The van der Waals surface area contributed by atoms with Gasteiger partial charge in [0.05, 0.1) is 13.2 Å². The lowest BCUT2D eigenvalue weighted by Crippen LogP contribution is -3.12. The first-order chi connectivity index (χ1) is 14.1. The maximum atomic E-state index is 13.3. The number of amides is 1. The summed E-state index contributed by atoms with van der Waals surface area (Å²) in [6, 6.07) is 15.0. The average molecular weight is 418 g/mol. The van der Waals surface area contributed by atoms with E-state index in [-0.39, 0.29) is 17.1 Å². The summed E-state index contributed by atoms with van der Waals surface area (Å²) in [5.74, 6) is 0.815. The van der Waals surface area contributed by atoms with Gasteiger partial charge >= 0.3 is 0 Å². The predicted molar refractivity (Wildman–Crippen MR) is 115 cm³/mol. The van der Waals surface area contributed by atoms with Crippen LogP contribution in [0.2, 0.25) is 0 Å². The summed E-state index contributed by atoms with van der Waals surface area (Å²) in [5, 5.41) is -0.0253. The zero-order valence-corrected chi connectivity index (χ0v) is 18.0. The van der Waals surface area contributed by atoms with E-state index in [1.165, 1.54) is 28.2 Å². The lowest BCUT2D eigenvalue weighted by molar-refractivity contribution is -0.906. The standard InChI is InChI=1S/C23H29FN2O2S/c1-18-4-6-19(7-5-18)16-25(12-3-14-28-2)17-22(27)26-13-15-29-23(26)20-8-10-21(24)11-9-20/h4-11,23H,3,12-17H2,1-2H3/p+1/t23-/m1/s1. The van der Waals surface area contributed by atoms with E-state index < -0.39 is 0 Å². The van der Waals surface area contributed by atoms with Gasteiger partial charge in [0.15, 0.2) is 6.54 Å². The number of rotatable bonds is 9. The number of quaternary nitrogens is 1. The molecular formula is C23H30FN2O2S+. The molecule has 1 unspecified atom stereocenters. The van der Waals surface area contributed by atoms with Gasteiger partial charge < -0.3 is 14.5 Å². The topological polar surface area (TPSA) is 34.0 Å². The van der Waals surface area contributed by atoms with Crippen LogP contribution in [0.4, 0.5) is 4.39 Å². The Morgan fingerprint density at radius 1 is 1.21 bits per heavy atom. The Kier molecular flexibility index (Phi) is 8.09. The monoisotopic (exact) mass is 417 g/mol. The molecule has 1 aliphatic rings. The molecular weight excluding hydrogens is 387 g/mol. The number of hydrogen-bond donors (Lipinski definition) is 1. The summed E-state index contributed by atoms with van der Waals surface area (Å²) < 4.78 is 18.5. The Morgan fingerprint density at radius 2 is 1.93 bits per heavy atom. The van der Waals surface area contributed by atoms with Crippen LogP contribution >= 0.6 is 11.8 Å². The van der Waals surface area contributed by atoms with Crippen molar-refractivity contribution in [1.29, 1.82) is 0 Å². The summed E-state index contributed by atoms with van der Waals surface area (Å²) in [4.78, 5) is 16.4. The lowest BCUT2D eigenvalue weighted by atomic mass is 10.1. The van der Waals surface area contributed by atoms with Crippen LogP contribution in [0.5, 0.6) is 0 Å². The number of carbonyl (C=O) groups excluding carboxylic acids is 1. The first-order valence-corrected chi connectivity index (χ1v) is 11.2. The van der Waals surface area contributed by atoms with Gasteiger partial charge in [0, 0.05) is 31.4 Å². The van der Waals surface area contributed by atoms with Crippen LogP contribution in [0.15, 0.2) is 48.5 Å². The van der Waals surface area contributed by atoms with E-state index in [2.05, 4.69) is 31.2 Å². The van der Waals surface area contributed by atoms with Gasteiger partial charge in [-0.05, 0) is 24.6 Å². The second kappa shape index (κ2) is 10.8. The van der Waals surface area contributed by atoms with Gasteiger partial charge in [0.25, 0.3) is 5.91 Å². The highest BCUT2D eigenvalue weighted by molar-refractivity contribution is 7.99. The minimum atomic E-state index is -0.249. The Labute approximate surface area is 177 Å². The van der Waals surface area contributed by atoms with Crippen LogP contribution in [-0.2, 0) is 16.1 Å². The Hall–Kier alpha value is -1.89. The van der Waals surface area contributed by atoms with Gasteiger partial charge in [-0.25, -0.2) is 4.39 Å². The van der Waals surface area contributed by atoms with E-state index in [4.69, 9.17) is 4.74 Å². The van der Waals surface area contributed by atoms with Gasteiger partial charge in [-0.3, -0.25) is 4.79 Å². The lowest BCUT2D eigenvalue weighted by Gasteiger charge is -2.27. The molecule has 0 spiro atoms. The summed E-state index contributed by atoms with van der Waals surface area (Å²) in [7, 11) is 1.71. The van der Waals surface area contributed by atoms with Crippen molar-refractivity contribution in [3.63, 3.8) is 0 Å². The maximum absolute atomic E-state index is 13.3. The highest BCUT2D eigenvalue weighted by atomic mass is 32.2. The Morgan fingerprint density at radius 3 is 2.62 bits per heavy atom. The quantitative estimate of drug-likeness (QED) is 0.637. The normalized spacial score (nSPS) is 17.5. The fourth-order valence-corrected chi connectivity index (χ4v) is 4.92. The summed E-state index contributed by atoms with van der Waals surface area (Å²) >= 11 is 1.75. The third-order valence-corrected chi connectivity index (χ3v) is 6.48. The molecule has 1 fully saturated rings. The fraction of sp³-hybridized carbons (Fsp3) is 0.435. The first-order valence-electron chi connectivity index (χ1n) is 10.1. The molecule has 29 heavy (non-hydrogen) atoms. The fourth-order valence-electron chi connectivity index (χ4n) is 3.64. The van der Waals surface area contributed by atoms with E-state index in [0.717, 1.165) is 37.4 Å². The van der Waals surface area contributed by atoms with Crippen LogP contribution in [0.3, 0.4) is 0 Å². The number of hydrogen-bond acceptors (Lipinski definition) is 3. The van der Waals surface area contributed by atoms with E-state index in [0.29, 0.717) is 13.2 Å². The Balaban J connectivity index is 1.67. The molecule has 1 aliphatic heterocycles. The van der Waals surface area contributed by atoms with Gasteiger partial charge in [-0.1, -0.05) is 42.0 Å². The van der Waals surface area contributed by atoms with Crippen molar-refractivity contribution in [2.75, 3.05) is 39.1 Å². The van der Waals surface area contributed by atoms with Crippen molar-refractivity contribution in [3.05, 3.63) is 71.0 Å². The molecule has 0 saturated carbocycles. The highest BCUT2D eigenvalue weighted by Gasteiger charge is 2.32. The summed E-state index contributed by atoms with van der Waals surface area (Å²) in [5.41, 5.74) is 3.46. The second-order valence-corrected chi connectivity index (χ2v) is 8.74. The SMILES string of the molecule is COCCC[NH+](CC(=O)N1CCS[C@@H]1c1ccc(F)cc1)Cc1ccc(C)cc1. The molecule has 2 aromatic rings. The average Bonchev–Trinajstić information content (AvgIpc) is 3.20. The highest BCUT2D eigenvalue weighted by Crippen LogP contribution is 2.37. The van der Waals surface area contributed by atoms with Crippen molar-refractivity contribution in [2.45, 2.75) is 25.3 Å². The second-order valence-electron chi connectivity index (χ2n) is 7.55. The number of ether oxygens (including phenoxy) is 1. The Bertz CT molecular complexity index is 782. The van der Waals surface area contributed by atoms with E-state index >= 15 is 0 Å². The molecule has 1 heterocycles. The van der Waals surface area contributed by atoms with Crippen LogP contribution in [-0.4, -0.2) is 49.9 Å². The minimum Gasteiger partial charge on any atom is -0.384 e. The van der Waals surface area contributed by atoms with Crippen molar-refractivity contribution in [1.82, 2.24) is 4.90 Å². The number of halogens is 1. The van der Waals surface area contributed by atoms with Crippen molar-refractivity contribution in [2.24, 2.45) is 0 Å². The largest absolute Gasteiger partial charge is 0.384 e. The number of nitrogens with one attached hydrogen (secondary N) is 1. The molecule has 2 atom stereocenters. The number of nitrogens with zero attached hydrogens (tertiary/aromatic N) is 1. The molecule has 0 radical (unpaired) electrons. The maximum Gasteiger partial charge on any atom is 0.278 e.